The minimum atomic E-state index is -3.53. The van der Waals surface area contributed by atoms with E-state index in [1.807, 2.05) is 0 Å². The Hall–Kier alpha value is -1.78. The van der Waals surface area contributed by atoms with Crippen LogP contribution in [0.5, 0.6) is 0 Å². The Bertz CT molecular complexity index is 474. The standard InChI is InChI=1S/C14H15F2NO2/c15-14(16,11-5-2-1-3-6-11)13(19)17-9-4-7-12(18)8-10-17/h1-3,5-6H,4,7-10H2. The summed E-state index contributed by atoms with van der Waals surface area (Å²) in [5, 5.41) is 0. The van der Waals surface area contributed by atoms with Crippen molar-refractivity contribution >= 4 is 11.7 Å². The molecule has 1 heterocycles. The van der Waals surface area contributed by atoms with E-state index in [9.17, 15) is 18.4 Å². The molecule has 0 aliphatic carbocycles. The molecule has 2 rings (SSSR count). The lowest BCUT2D eigenvalue weighted by molar-refractivity contribution is -0.159. The maximum absolute atomic E-state index is 14.1. The zero-order valence-electron chi connectivity index (χ0n) is 10.4. The van der Waals surface area contributed by atoms with Gasteiger partial charge in [-0.25, -0.2) is 0 Å². The van der Waals surface area contributed by atoms with Crippen LogP contribution in [-0.2, 0) is 15.5 Å². The first-order valence-electron chi connectivity index (χ1n) is 6.26. The molecule has 0 unspecified atom stereocenters. The lowest BCUT2D eigenvalue weighted by Crippen LogP contribution is -2.42. The first-order valence-corrected chi connectivity index (χ1v) is 6.26. The Morgan fingerprint density at radius 1 is 1.11 bits per heavy atom. The largest absolute Gasteiger partial charge is 0.349 e. The van der Waals surface area contributed by atoms with Crippen molar-refractivity contribution in [2.24, 2.45) is 0 Å². The van der Waals surface area contributed by atoms with Gasteiger partial charge in [0.25, 0.3) is 5.91 Å². The van der Waals surface area contributed by atoms with Gasteiger partial charge >= 0.3 is 5.92 Å². The second kappa shape index (κ2) is 5.47. The Morgan fingerprint density at radius 3 is 2.47 bits per heavy atom. The highest BCUT2D eigenvalue weighted by molar-refractivity contribution is 5.86. The lowest BCUT2D eigenvalue weighted by Gasteiger charge is -2.25. The predicted molar refractivity (Wildman–Crippen MR) is 65.8 cm³/mol. The van der Waals surface area contributed by atoms with Crippen molar-refractivity contribution in [2.75, 3.05) is 13.1 Å². The topological polar surface area (TPSA) is 37.4 Å². The molecule has 1 aromatic carbocycles. The maximum atomic E-state index is 14.1. The fourth-order valence-electron chi connectivity index (χ4n) is 2.14. The van der Waals surface area contributed by atoms with Crippen LogP contribution in [0, 0.1) is 0 Å². The van der Waals surface area contributed by atoms with E-state index < -0.39 is 11.8 Å². The highest BCUT2D eigenvalue weighted by Crippen LogP contribution is 2.30. The van der Waals surface area contributed by atoms with Gasteiger partial charge < -0.3 is 4.90 Å². The van der Waals surface area contributed by atoms with Gasteiger partial charge in [0.05, 0.1) is 0 Å². The molecule has 0 N–H and O–H groups in total. The second-order valence-electron chi connectivity index (χ2n) is 4.62. The van der Waals surface area contributed by atoms with E-state index in [4.69, 9.17) is 0 Å². The Kier molecular flexibility index (Phi) is 3.93. The highest BCUT2D eigenvalue weighted by Gasteiger charge is 2.43. The van der Waals surface area contributed by atoms with Crippen LogP contribution in [0.1, 0.15) is 24.8 Å². The number of hydrogen-bond donors (Lipinski definition) is 0. The van der Waals surface area contributed by atoms with E-state index in [-0.39, 0.29) is 30.9 Å². The number of rotatable bonds is 2. The van der Waals surface area contributed by atoms with Gasteiger partial charge in [-0.1, -0.05) is 30.3 Å². The van der Waals surface area contributed by atoms with Crippen LogP contribution in [0.15, 0.2) is 30.3 Å². The number of Topliss-reactive ketones (excluding diaryl/α,β-unsaturated/α-hetero) is 1. The first kappa shape index (κ1) is 13.6. The van der Waals surface area contributed by atoms with Crippen LogP contribution in [0.4, 0.5) is 8.78 Å². The third-order valence-corrected chi connectivity index (χ3v) is 3.24. The molecule has 19 heavy (non-hydrogen) atoms. The molecule has 0 aromatic heterocycles. The van der Waals surface area contributed by atoms with Crippen molar-refractivity contribution < 1.29 is 18.4 Å². The van der Waals surface area contributed by atoms with Gasteiger partial charge in [0.1, 0.15) is 5.78 Å². The quantitative estimate of drug-likeness (QED) is 0.825. The van der Waals surface area contributed by atoms with Crippen molar-refractivity contribution in [1.82, 2.24) is 4.90 Å². The zero-order valence-corrected chi connectivity index (χ0v) is 10.4. The van der Waals surface area contributed by atoms with Crippen molar-refractivity contribution in [3.8, 4) is 0 Å². The molecule has 1 aromatic rings. The molecule has 0 spiro atoms. The van der Waals surface area contributed by atoms with E-state index >= 15 is 0 Å². The van der Waals surface area contributed by atoms with Crippen LogP contribution in [0.2, 0.25) is 0 Å². The molecule has 5 heteroatoms. The molecule has 0 radical (unpaired) electrons. The summed E-state index contributed by atoms with van der Waals surface area (Å²) in [7, 11) is 0. The van der Waals surface area contributed by atoms with Crippen molar-refractivity contribution in [1.29, 1.82) is 0 Å². The Balaban J connectivity index is 2.16. The summed E-state index contributed by atoms with van der Waals surface area (Å²) in [6.07, 6.45) is 0.979. The molecule has 1 aliphatic rings. The Morgan fingerprint density at radius 2 is 1.79 bits per heavy atom. The molecule has 0 bridgehead atoms. The number of amides is 1. The molecule has 1 amide bonds. The number of likely N-dealkylation sites (tertiary alicyclic amines) is 1. The number of halogens is 2. The van der Waals surface area contributed by atoms with Crippen LogP contribution in [0.3, 0.4) is 0 Å². The molecule has 1 aliphatic heterocycles. The summed E-state index contributed by atoms with van der Waals surface area (Å²) in [5.41, 5.74) is -0.310. The molecule has 0 atom stereocenters. The van der Waals surface area contributed by atoms with E-state index in [2.05, 4.69) is 0 Å². The molecule has 3 nitrogen and oxygen atoms in total. The number of carbonyl (C=O) groups is 2. The van der Waals surface area contributed by atoms with Gasteiger partial charge in [-0.3, -0.25) is 9.59 Å². The van der Waals surface area contributed by atoms with E-state index in [1.54, 1.807) is 6.07 Å². The summed E-state index contributed by atoms with van der Waals surface area (Å²) in [4.78, 5) is 24.3. The van der Waals surface area contributed by atoms with Crippen LogP contribution >= 0.6 is 0 Å². The van der Waals surface area contributed by atoms with Gasteiger partial charge in [-0.15, -0.1) is 0 Å². The molecule has 0 saturated carbocycles. The first-order chi connectivity index (χ1) is 9.01. The number of benzene rings is 1. The van der Waals surface area contributed by atoms with Crippen LogP contribution < -0.4 is 0 Å². The summed E-state index contributed by atoms with van der Waals surface area (Å²) in [6.45, 7) is 0.299. The van der Waals surface area contributed by atoms with Gasteiger partial charge in [-0.2, -0.15) is 8.78 Å². The average molecular weight is 267 g/mol. The van der Waals surface area contributed by atoms with Gasteiger partial charge in [0, 0.05) is 31.5 Å². The third-order valence-electron chi connectivity index (χ3n) is 3.24. The van der Waals surface area contributed by atoms with Crippen LogP contribution in [-0.4, -0.2) is 29.7 Å². The normalized spacial score (nSPS) is 17.2. The average Bonchev–Trinajstić information content (AvgIpc) is 2.63. The summed E-state index contributed by atoms with van der Waals surface area (Å²) >= 11 is 0. The molecular formula is C14H15F2NO2. The number of hydrogen-bond acceptors (Lipinski definition) is 2. The number of alkyl halides is 2. The number of carbonyl (C=O) groups excluding carboxylic acids is 2. The van der Waals surface area contributed by atoms with E-state index in [0.29, 0.717) is 12.8 Å². The minimum absolute atomic E-state index is 0.0262. The molecular weight excluding hydrogens is 252 g/mol. The van der Waals surface area contributed by atoms with Gasteiger partial charge in [-0.05, 0) is 6.42 Å². The second-order valence-corrected chi connectivity index (χ2v) is 4.62. The van der Waals surface area contributed by atoms with Gasteiger partial charge in [0.2, 0.25) is 0 Å². The monoisotopic (exact) mass is 267 g/mol. The summed E-state index contributed by atoms with van der Waals surface area (Å²) in [5.74, 6) is -4.72. The lowest BCUT2D eigenvalue weighted by atomic mass is 10.1. The van der Waals surface area contributed by atoms with Crippen molar-refractivity contribution in [3.63, 3.8) is 0 Å². The van der Waals surface area contributed by atoms with E-state index in [0.717, 1.165) is 4.90 Å². The molecule has 102 valence electrons. The SMILES string of the molecule is O=C1CCCN(C(=O)C(F)(F)c2ccccc2)CC1. The highest BCUT2D eigenvalue weighted by atomic mass is 19.3. The van der Waals surface area contributed by atoms with Crippen LogP contribution in [0.25, 0.3) is 0 Å². The minimum Gasteiger partial charge on any atom is -0.337 e. The third kappa shape index (κ3) is 2.97. The Labute approximate surface area is 110 Å². The smallest absolute Gasteiger partial charge is 0.337 e. The van der Waals surface area contributed by atoms with Crippen molar-refractivity contribution in [3.05, 3.63) is 35.9 Å². The van der Waals surface area contributed by atoms with Gasteiger partial charge in [0.15, 0.2) is 0 Å². The molecule has 1 saturated heterocycles. The zero-order chi connectivity index (χ0) is 13.9. The predicted octanol–water partition coefficient (Wildman–Crippen LogP) is 2.36. The van der Waals surface area contributed by atoms with Crippen molar-refractivity contribution in [2.45, 2.75) is 25.2 Å². The summed E-state index contributed by atoms with van der Waals surface area (Å²) in [6, 6.07) is 7.04. The fraction of sp³-hybridized carbons (Fsp3) is 0.429. The molecule has 1 fully saturated rings. The number of nitrogens with zero attached hydrogens (tertiary/aromatic N) is 1. The number of ketones is 1. The maximum Gasteiger partial charge on any atom is 0.349 e. The fourth-order valence-corrected chi connectivity index (χ4v) is 2.14. The summed E-state index contributed by atoms with van der Waals surface area (Å²) < 4.78 is 28.2. The van der Waals surface area contributed by atoms with E-state index in [1.165, 1.54) is 24.3 Å².